The van der Waals surface area contributed by atoms with E-state index in [1.165, 1.54) is 6.92 Å². The molecule has 2 aliphatic heterocycles. The average molecular weight is 895 g/mol. The lowest BCUT2D eigenvalue weighted by atomic mass is 9.88. The smallest absolute Gasteiger partial charge is 0.308 e. The molecule has 0 aliphatic carbocycles. The largest absolute Gasteiger partial charge is 0.457 e. The van der Waals surface area contributed by atoms with Gasteiger partial charge in [0, 0.05) is 31.3 Å². The highest BCUT2D eigenvalue weighted by molar-refractivity contribution is 6.74. The van der Waals surface area contributed by atoms with Crippen molar-refractivity contribution in [2.45, 2.75) is 245 Å². The molecule has 1 N–H and O–H groups in total. The summed E-state index contributed by atoms with van der Waals surface area (Å²) in [7, 11) is -5.90. The van der Waals surface area contributed by atoms with E-state index >= 15 is 0 Å². The first-order valence-corrected chi connectivity index (χ1v) is 31.6. The van der Waals surface area contributed by atoms with E-state index in [9.17, 15) is 14.7 Å². The van der Waals surface area contributed by atoms with E-state index < -0.39 is 60.4 Å². The summed E-state index contributed by atoms with van der Waals surface area (Å²) >= 11 is 0. The van der Waals surface area contributed by atoms with Crippen LogP contribution in [0.1, 0.15) is 143 Å². The van der Waals surface area contributed by atoms with Gasteiger partial charge in [-0.2, -0.15) is 0 Å². The minimum atomic E-state index is -2.10. The van der Waals surface area contributed by atoms with Crippen molar-refractivity contribution in [2.75, 3.05) is 0 Å². The molecule has 0 spiro atoms. The van der Waals surface area contributed by atoms with Crippen LogP contribution in [0.4, 0.5) is 0 Å². The highest BCUT2D eigenvalue weighted by atomic mass is 28.4. The molecule has 0 aromatic carbocycles. The number of hydrogen-bond donors (Lipinski definition) is 1. The van der Waals surface area contributed by atoms with Gasteiger partial charge in [0.05, 0.1) is 30.3 Å². The zero-order chi connectivity index (χ0) is 45.5. The molecule has 12 heteroatoms. The molecule has 0 aromatic rings. The van der Waals surface area contributed by atoms with Crippen molar-refractivity contribution in [3.05, 3.63) is 36.0 Å². The Bertz CT molecular complexity index is 1380. The van der Waals surface area contributed by atoms with Crippen LogP contribution in [-0.4, -0.2) is 89.8 Å². The van der Waals surface area contributed by atoms with Gasteiger partial charge in [-0.05, 0) is 106 Å². The maximum Gasteiger partial charge on any atom is 0.308 e. The van der Waals surface area contributed by atoms with Gasteiger partial charge in [0.2, 0.25) is 0 Å². The monoisotopic (exact) mass is 895 g/mol. The summed E-state index contributed by atoms with van der Waals surface area (Å²) in [5.74, 6) is -0.775. The molecule has 2 aliphatic rings. The summed E-state index contributed by atoms with van der Waals surface area (Å²) in [4.78, 5) is 26.1. The van der Waals surface area contributed by atoms with Crippen LogP contribution in [0.25, 0.3) is 0 Å². The average Bonchev–Trinajstić information content (AvgIpc) is 3.99. The van der Waals surface area contributed by atoms with E-state index in [0.717, 1.165) is 72.8 Å². The van der Waals surface area contributed by atoms with Crippen molar-refractivity contribution in [2.24, 2.45) is 11.8 Å². The summed E-state index contributed by atoms with van der Waals surface area (Å²) in [6.07, 6.45) is 11.0. The highest BCUT2D eigenvalue weighted by Crippen LogP contribution is 2.42. The number of allylic oxidation sites excluding steroid dienone is 2. The number of epoxide rings is 1. The molecule has 0 aromatic heterocycles. The van der Waals surface area contributed by atoms with Crippen molar-refractivity contribution in [1.29, 1.82) is 0 Å². The topological polar surface area (TPSA) is 113 Å². The first-order chi connectivity index (χ1) is 28.2. The third-order valence-electron chi connectivity index (χ3n) is 14.7. The molecule has 9 nitrogen and oxygen atoms in total. The molecule has 60 heavy (non-hydrogen) atoms. The van der Waals surface area contributed by atoms with Crippen LogP contribution >= 0.6 is 0 Å². The second-order valence-electron chi connectivity index (χ2n) is 18.7. The lowest BCUT2D eigenvalue weighted by Crippen LogP contribution is -2.46. The Labute approximate surface area is 370 Å². The molecule has 1 fully saturated rings. The molecular formula is C48H90O9Si3. The second kappa shape index (κ2) is 24.6. The van der Waals surface area contributed by atoms with Crippen molar-refractivity contribution in [1.82, 2.24) is 0 Å². The Morgan fingerprint density at radius 2 is 1.47 bits per heavy atom. The number of carbonyl (C=O) groups excluding carboxylic acids is 2. The first kappa shape index (κ1) is 54.7. The van der Waals surface area contributed by atoms with Crippen LogP contribution in [0.5, 0.6) is 0 Å². The zero-order valence-corrected chi connectivity index (χ0v) is 44.1. The fraction of sp³-hybridized carbons (Fsp3) is 0.833. The van der Waals surface area contributed by atoms with E-state index in [1.807, 2.05) is 26.0 Å². The van der Waals surface area contributed by atoms with Gasteiger partial charge in [-0.25, -0.2) is 0 Å². The Morgan fingerprint density at radius 1 is 0.917 bits per heavy atom. The van der Waals surface area contributed by atoms with Crippen LogP contribution in [0, 0.1) is 11.8 Å². The predicted molar refractivity (Wildman–Crippen MR) is 255 cm³/mol. The summed E-state index contributed by atoms with van der Waals surface area (Å²) in [6, 6.07) is 9.36. The normalized spacial score (nSPS) is 28.9. The number of cyclic esters (lactones) is 1. The van der Waals surface area contributed by atoms with Gasteiger partial charge in [0.25, 0.3) is 0 Å². The molecule has 2 heterocycles. The molecule has 348 valence electrons. The van der Waals surface area contributed by atoms with E-state index in [1.54, 1.807) is 13.0 Å². The maximum absolute atomic E-state index is 13.9. The summed E-state index contributed by atoms with van der Waals surface area (Å²) in [6.45, 7) is 34.0. The lowest BCUT2D eigenvalue weighted by Gasteiger charge is -2.39. The van der Waals surface area contributed by atoms with E-state index in [4.69, 9.17) is 27.5 Å². The number of hydrogen-bond acceptors (Lipinski definition) is 9. The molecule has 0 amide bonds. The Balaban J connectivity index is 2.52. The van der Waals surface area contributed by atoms with Crippen LogP contribution in [0.15, 0.2) is 36.0 Å². The number of ether oxygens (including phenoxy) is 3. The standard InChI is InChI=1S/C48H90O9Si3/c1-17-41(56-59(21-5,22-6)23-7)38(13)46-42(53-46)35-47(15,57-60(24-8,25-9)26-10)32-27-28-36(11)45-37(12)29-30-43(52-39(14)49)48(16,51)33-31-40(34-44(50)54-45)55-58(18-2,19-3)20-4/h27-30,32,37-38,40-43,45-46,51H,17-26,31,33-35H2,1-16H3/b30-29+,32-27+,36-28+/t37-,38+,40+,41-,42+,43-,45+,46+,47-,48+/m0/s1. The highest BCUT2D eigenvalue weighted by Gasteiger charge is 2.51. The van der Waals surface area contributed by atoms with E-state index in [-0.39, 0.29) is 36.6 Å². The first-order valence-electron chi connectivity index (χ1n) is 24.0. The second-order valence-corrected chi connectivity index (χ2v) is 32.8. The number of carbonyl (C=O) groups is 2. The number of aliphatic hydroxyl groups is 1. The third-order valence-corrected chi connectivity index (χ3v) is 28.8. The van der Waals surface area contributed by atoms with E-state index in [2.05, 4.69) is 95.2 Å². The van der Waals surface area contributed by atoms with Gasteiger partial charge in [0.15, 0.2) is 25.0 Å². The van der Waals surface area contributed by atoms with Gasteiger partial charge in [-0.3, -0.25) is 9.59 Å². The van der Waals surface area contributed by atoms with Crippen molar-refractivity contribution in [3.8, 4) is 0 Å². The number of rotatable bonds is 24. The van der Waals surface area contributed by atoms with Crippen LogP contribution in [0.3, 0.4) is 0 Å². The Hall–Kier alpha value is -1.39. The van der Waals surface area contributed by atoms with Crippen molar-refractivity contribution >= 4 is 36.9 Å². The minimum Gasteiger partial charge on any atom is -0.457 e. The third kappa shape index (κ3) is 15.4. The molecule has 2 rings (SSSR count). The quantitative estimate of drug-likeness (QED) is 0.0333. The molecule has 0 unspecified atom stereocenters. The Morgan fingerprint density at radius 3 is 1.97 bits per heavy atom. The van der Waals surface area contributed by atoms with E-state index in [0.29, 0.717) is 18.8 Å². The fourth-order valence-electron chi connectivity index (χ4n) is 9.45. The van der Waals surface area contributed by atoms with Gasteiger partial charge in [-0.15, -0.1) is 0 Å². The van der Waals surface area contributed by atoms with Crippen LogP contribution in [-0.2, 0) is 37.1 Å². The lowest BCUT2D eigenvalue weighted by molar-refractivity contribution is -0.157. The zero-order valence-electron chi connectivity index (χ0n) is 41.1. The van der Waals surface area contributed by atoms with Crippen molar-refractivity contribution < 1.29 is 42.2 Å². The molecule has 10 atom stereocenters. The van der Waals surface area contributed by atoms with Gasteiger partial charge >= 0.3 is 11.9 Å². The number of esters is 2. The fourth-order valence-corrected chi connectivity index (χ4v) is 18.5. The van der Waals surface area contributed by atoms with Gasteiger partial charge < -0.3 is 32.6 Å². The molecule has 0 radical (unpaired) electrons. The summed E-state index contributed by atoms with van der Waals surface area (Å²) in [5.41, 5.74) is -1.04. The molecule has 0 saturated carbocycles. The van der Waals surface area contributed by atoms with Gasteiger partial charge in [0.1, 0.15) is 17.8 Å². The minimum absolute atomic E-state index is 0.0838. The molecule has 0 bridgehead atoms. The molecular weight excluding hydrogens is 805 g/mol. The van der Waals surface area contributed by atoms with Gasteiger partial charge in [-0.1, -0.05) is 107 Å². The summed E-state index contributed by atoms with van der Waals surface area (Å²) < 4.78 is 39.8. The maximum atomic E-state index is 13.9. The molecule has 1 saturated heterocycles. The Kier molecular flexibility index (Phi) is 22.5. The predicted octanol–water partition coefficient (Wildman–Crippen LogP) is 12.2. The summed E-state index contributed by atoms with van der Waals surface area (Å²) in [5, 5.41) is 11.7. The van der Waals surface area contributed by atoms with Crippen LogP contribution in [0.2, 0.25) is 54.4 Å². The van der Waals surface area contributed by atoms with Crippen molar-refractivity contribution in [3.63, 3.8) is 0 Å². The SMILES string of the molecule is CC[C@H](O[Si](CC)(CC)CC)[C@@H](C)[C@H]1O[C@@H]1C[C@](C)(/C=C/C=C(\C)[C@H]1OC(=O)C[C@H](O[Si](CC)(CC)CC)CC[C@@](C)(O)[C@@H](OC(C)=O)/C=C/[C@@H]1C)O[Si](CC)(CC)CC. The van der Waals surface area contributed by atoms with Crippen LogP contribution < -0.4 is 0 Å².